The van der Waals surface area contributed by atoms with Gasteiger partial charge in [-0.05, 0) is 31.2 Å². The topological polar surface area (TPSA) is 71.9 Å². The average Bonchev–Trinajstić information content (AvgIpc) is 3.11. The fourth-order valence-electron chi connectivity index (χ4n) is 1.94. The van der Waals surface area contributed by atoms with Crippen molar-refractivity contribution < 1.29 is 4.79 Å². The van der Waals surface area contributed by atoms with Gasteiger partial charge in [0.1, 0.15) is 16.4 Å². The Morgan fingerprint density at radius 3 is 2.74 bits per heavy atom. The van der Waals surface area contributed by atoms with Crippen LogP contribution in [-0.4, -0.2) is 44.6 Å². The number of nitrogens with zero attached hydrogens (tertiary/aromatic N) is 5. The second kappa shape index (κ2) is 6.62. The Labute approximate surface area is 137 Å². The first-order valence-electron chi connectivity index (χ1n) is 7.16. The summed E-state index contributed by atoms with van der Waals surface area (Å²) >= 11 is 1.42. The Balaban J connectivity index is 1.91. The fourth-order valence-corrected chi connectivity index (χ4v) is 2.75. The van der Waals surface area contributed by atoms with Gasteiger partial charge in [-0.2, -0.15) is 0 Å². The van der Waals surface area contributed by atoms with E-state index in [-0.39, 0.29) is 5.91 Å². The van der Waals surface area contributed by atoms with Crippen LogP contribution in [0.5, 0.6) is 0 Å². The van der Waals surface area contributed by atoms with E-state index >= 15 is 0 Å². The van der Waals surface area contributed by atoms with Crippen LogP contribution >= 0.6 is 11.3 Å². The molecule has 116 valence electrons. The number of amides is 1. The first-order chi connectivity index (χ1) is 11.2. The van der Waals surface area contributed by atoms with Crippen LogP contribution in [-0.2, 0) is 0 Å². The molecule has 1 amide bonds. The molecule has 3 heterocycles. The summed E-state index contributed by atoms with van der Waals surface area (Å²) in [6.07, 6.45) is 3.46. The Hall–Kier alpha value is -2.67. The summed E-state index contributed by atoms with van der Waals surface area (Å²) < 4.78 is 0. The highest BCUT2D eigenvalue weighted by atomic mass is 32.1. The van der Waals surface area contributed by atoms with E-state index < -0.39 is 0 Å². The van der Waals surface area contributed by atoms with Gasteiger partial charge in [0.05, 0.1) is 0 Å². The lowest BCUT2D eigenvalue weighted by molar-refractivity contribution is 0.0797. The van der Waals surface area contributed by atoms with Gasteiger partial charge in [-0.25, -0.2) is 4.98 Å². The molecule has 0 N–H and O–H groups in total. The molecule has 0 bridgehead atoms. The Morgan fingerprint density at radius 2 is 2.00 bits per heavy atom. The van der Waals surface area contributed by atoms with E-state index in [1.54, 1.807) is 30.4 Å². The molecule has 0 unspecified atom stereocenters. The summed E-state index contributed by atoms with van der Waals surface area (Å²) in [5.41, 5.74) is 1.96. The number of pyridine rings is 2. The summed E-state index contributed by atoms with van der Waals surface area (Å²) in [5.74, 6) is -0.105. The third-order valence-electron chi connectivity index (χ3n) is 3.34. The van der Waals surface area contributed by atoms with Crippen molar-refractivity contribution in [2.75, 3.05) is 13.6 Å². The van der Waals surface area contributed by atoms with Crippen LogP contribution in [0.2, 0.25) is 0 Å². The van der Waals surface area contributed by atoms with Crippen molar-refractivity contribution in [1.29, 1.82) is 0 Å². The minimum absolute atomic E-state index is 0.105. The molecule has 3 rings (SSSR count). The fraction of sp³-hybridized carbons (Fsp3) is 0.188. The molecule has 0 atom stereocenters. The molecule has 6 nitrogen and oxygen atoms in total. The highest BCUT2D eigenvalue weighted by Crippen LogP contribution is 2.28. The van der Waals surface area contributed by atoms with Gasteiger partial charge in [0.15, 0.2) is 5.01 Å². The molecule has 7 heteroatoms. The van der Waals surface area contributed by atoms with Crippen molar-refractivity contribution in [3.63, 3.8) is 0 Å². The van der Waals surface area contributed by atoms with Crippen molar-refractivity contribution >= 4 is 17.2 Å². The van der Waals surface area contributed by atoms with E-state index in [0.29, 0.717) is 22.9 Å². The Morgan fingerprint density at radius 1 is 1.17 bits per heavy atom. The maximum absolute atomic E-state index is 12.2. The van der Waals surface area contributed by atoms with Crippen LogP contribution in [0.3, 0.4) is 0 Å². The third kappa shape index (κ3) is 3.24. The molecule has 0 fully saturated rings. The van der Waals surface area contributed by atoms with Gasteiger partial charge in [0.25, 0.3) is 5.91 Å². The van der Waals surface area contributed by atoms with Crippen LogP contribution in [0.15, 0.2) is 42.7 Å². The lowest BCUT2D eigenvalue weighted by Crippen LogP contribution is -2.27. The number of carbonyl (C=O) groups is 1. The van der Waals surface area contributed by atoms with Crippen LogP contribution < -0.4 is 0 Å². The molecule has 0 aliphatic carbocycles. The van der Waals surface area contributed by atoms with Gasteiger partial charge in [-0.1, -0.05) is 17.4 Å². The molecule has 0 saturated heterocycles. The highest BCUT2D eigenvalue weighted by molar-refractivity contribution is 7.17. The maximum atomic E-state index is 12.2. The molecule has 0 aliphatic heterocycles. The molecule has 3 aromatic heterocycles. The van der Waals surface area contributed by atoms with E-state index in [4.69, 9.17) is 0 Å². The molecule has 0 aliphatic rings. The maximum Gasteiger partial charge on any atom is 0.272 e. The monoisotopic (exact) mass is 325 g/mol. The molecule has 3 aromatic rings. The number of aromatic nitrogens is 4. The van der Waals surface area contributed by atoms with Crippen LogP contribution in [0.4, 0.5) is 0 Å². The number of carbonyl (C=O) groups excluding carboxylic acids is 1. The van der Waals surface area contributed by atoms with Crippen LogP contribution in [0.25, 0.3) is 21.3 Å². The second-order valence-electron chi connectivity index (χ2n) is 4.88. The zero-order valence-electron chi connectivity index (χ0n) is 12.8. The first-order valence-corrected chi connectivity index (χ1v) is 7.97. The van der Waals surface area contributed by atoms with Crippen molar-refractivity contribution in [3.05, 3.63) is 48.4 Å². The zero-order chi connectivity index (χ0) is 16.2. The van der Waals surface area contributed by atoms with Crippen molar-refractivity contribution in [3.8, 4) is 21.3 Å². The van der Waals surface area contributed by atoms with Gasteiger partial charge in [-0.3, -0.25) is 9.78 Å². The minimum atomic E-state index is -0.105. The van der Waals surface area contributed by atoms with Gasteiger partial charge in [0, 0.05) is 31.5 Å². The predicted molar refractivity (Wildman–Crippen MR) is 89.0 cm³/mol. The lowest BCUT2D eigenvalue weighted by atomic mass is 10.3. The van der Waals surface area contributed by atoms with Crippen LogP contribution in [0.1, 0.15) is 17.4 Å². The van der Waals surface area contributed by atoms with Gasteiger partial charge >= 0.3 is 0 Å². The van der Waals surface area contributed by atoms with Gasteiger partial charge in [-0.15, -0.1) is 10.2 Å². The van der Waals surface area contributed by atoms with Gasteiger partial charge < -0.3 is 4.90 Å². The first kappa shape index (κ1) is 15.2. The third-order valence-corrected chi connectivity index (χ3v) is 4.34. The molecule has 0 spiro atoms. The number of hydrogen-bond donors (Lipinski definition) is 0. The Kier molecular flexibility index (Phi) is 4.38. The van der Waals surface area contributed by atoms with Crippen LogP contribution in [0, 0.1) is 0 Å². The van der Waals surface area contributed by atoms with E-state index in [1.807, 2.05) is 31.2 Å². The largest absolute Gasteiger partial charge is 0.341 e. The summed E-state index contributed by atoms with van der Waals surface area (Å²) in [6.45, 7) is 2.56. The summed E-state index contributed by atoms with van der Waals surface area (Å²) in [5, 5.41) is 9.82. The number of rotatable bonds is 4. The lowest BCUT2D eigenvalue weighted by Gasteiger charge is -2.13. The van der Waals surface area contributed by atoms with E-state index in [1.165, 1.54) is 11.3 Å². The summed E-state index contributed by atoms with van der Waals surface area (Å²) in [7, 11) is 1.75. The number of hydrogen-bond acceptors (Lipinski definition) is 6. The smallest absolute Gasteiger partial charge is 0.272 e. The quantitative estimate of drug-likeness (QED) is 0.737. The summed E-state index contributed by atoms with van der Waals surface area (Å²) in [6, 6.07) is 9.14. The van der Waals surface area contributed by atoms with E-state index in [9.17, 15) is 4.79 Å². The second-order valence-corrected chi connectivity index (χ2v) is 5.86. The van der Waals surface area contributed by atoms with Crippen molar-refractivity contribution in [1.82, 2.24) is 25.1 Å². The molecular weight excluding hydrogens is 310 g/mol. The molecular formula is C16H15N5OS. The molecule has 0 radical (unpaired) electrons. The summed E-state index contributed by atoms with van der Waals surface area (Å²) in [4.78, 5) is 22.3. The zero-order valence-corrected chi connectivity index (χ0v) is 13.6. The highest BCUT2D eigenvalue weighted by Gasteiger charge is 2.15. The Bertz CT molecular complexity index is 818. The van der Waals surface area contributed by atoms with Gasteiger partial charge in [0.2, 0.25) is 0 Å². The molecule has 0 aromatic carbocycles. The van der Waals surface area contributed by atoms with E-state index in [0.717, 1.165) is 10.6 Å². The molecule has 0 saturated carbocycles. The van der Waals surface area contributed by atoms with E-state index in [2.05, 4.69) is 20.2 Å². The average molecular weight is 325 g/mol. The SMILES string of the molecule is CCN(C)C(=O)c1cccc(-c2nnc(-c3cccnc3)s2)n1. The van der Waals surface area contributed by atoms with Crippen molar-refractivity contribution in [2.24, 2.45) is 0 Å². The standard InChI is InChI=1S/C16H15N5OS/c1-3-21(2)16(22)13-8-4-7-12(18-13)15-20-19-14(23-15)11-6-5-9-17-10-11/h4-10H,3H2,1-2H3. The predicted octanol–water partition coefficient (Wildman–Crippen LogP) is 2.75. The normalized spacial score (nSPS) is 10.5. The van der Waals surface area contributed by atoms with Crippen molar-refractivity contribution in [2.45, 2.75) is 6.92 Å². The minimum Gasteiger partial charge on any atom is -0.341 e. The molecule has 23 heavy (non-hydrogen) atoms.